The van der Waals surface area contributed by atoms with Crippen molar-refractivity contribution >= 4 is 66.4 Å². The van der Waals surface area contributed by atoms with Crippen LogP contribution in [0.1, 0.15) is 72.9 Å². The lowest BCUT2D eigenvalue weighted by atomic mass is 9.68. The Labute approximate surface area is 405 Å². The van der Waals surface area contributed by atoms with E-state index >= 15 is 0 Å². The molecule has 69 heavy (non-hydrogen) atoms. The lowest BCUT2D eigenvalue weighted by molar-refractivity contribution is 0.810. The standard InChI is InChI=1S/C67H52N2/c1-43(2)45-23-30-52(31-24-45)68(50-16-7-5-8-17-50)54-34-38-57-48(41-54)27-36-59-60-37-28-49-42-55(69(51-18-9-6-10-19-51)53-32-25-46(26-33-53)44(3)4)35-39-58(49)66(60)67(65(57)59)62-22-14-13-21-61(62)64-56-20-12-11-15-47(56)29-40-63(64)67/h5-44H,1-4H3. The second kappa shape index (κ2) is 16.0. The first-order chi connectivity index (χ1) is 33.9. The largest absolute Gasteiger partial charge is 0.310 e. The summed E-state index contributed by atoms with van der Waals surface area (Å²) in [5, 5.41) is 7.55. The number of rotatable bonds is 8. The first-order valence-electron chi connectivity index (χ1n) is 24.6. The summed E-state index contributed by atoms with van der Waals surface area (Å²) in [6.45, 7) is 9.03. The minimum atomic E-state index is -0.583. The van der Waals surface area contributed by atoms with Gasteiger partial charge in [0.05, 0.1) is 5.41 Å². The van der Waals surface area contributed by atoms with Gasteiger partial charge in [-0.25, -0.2) is 0 Å². The lowest BCUT2D eigenvalue weighted by Crippen LogP contribution is -2.26. The van der Waals surface area contributed by atoms with Gasteiger partial charge in [0, 0.05) is 34.1 Å². The topological polar surface area (TPSA) is 6.48 Å². The summed E-state index contributed by atoms with van der Waals surface area (Å²) >= 11 is 0. The number of nitrogens with zero attached hydrogens (tertiary/aromatic N) is 2. The molecule has 0 amide bonds. The fraction of sp³-hybridized carbons (Fsp3) is 0.104. The van der Waals surface area contributed by atoms with E-state index < -0.39 is 5.41 Å². The van der Waals surface area contributed by atoms with Crippen molar-refractivity contribution in [3.8, 4) is 22.3 Å². The molecule has 2 aliphatic carbocycles. The summed E-state index contributed by atoms with van der Waals surface area (Å²) in [6.07, 6.45) is 0. The predicted octanol–water partition coefficient (Wildman–Crippen LogP) is 18.7. The Balaban J connectivity index is 1.06. The van der Waals surface area contributed by atoms with Crippen LogP contribution in [-0.2, 0) is 5.41 Å². The molecule has 13 rings (SSSR count). The second-order valence-corrected chi connectivity index (χ2v) is 19.6. The van der Waals surface area contributed by atoms with Crippen LogP contribution in [0.15, 0.2) is 231 Å². The summed E-state index contributed by atoms with van der Waals surface area (Å²) in [4.78, 5) is 4.80. The molecule has 0 radical (unpaired) electrons. The van der Waals surface area contributed by atoms with Gasteiger partial charge in [0.1, 0.15) is 0 Å². The molecule has 2 heteroatoms. The zero-order valence-corrected chi connectivity index (χ0v) is 39.5. The van der Waals surface area contributed by atoms with E-state index in [0.717, 1.165) is 34.1 Å². The van der Waals surface area contributed by atoms with Gasteiger partial charge in [-0.1, -0.05) is 185 Å². The van der Waals surface area contributed by atoms with Gasteiger partial charge in [0.25, 0.3) is 0 Å². The third kappa shape index (κ3) is 6.25. The molecule has 0 atom stereocenters. The molecule has 0 saturated heterocycles. The Morgan fingerprint density at radius 2 is 0.739 bits per heavy atom. The minimum Gasteiger partial charge on any atom is -0.310 e. The SMILES string of the molecule is CC(C)c1ccc(N(c2ccccc2)c2ccc3c4c(ccc3c2)-c2ccc3cc(N(c5ccccc5)c5ccc(C(C)C)cc5)ccc3c2C42c3ccccc3-c3c2ccc2ccccc32)cc1. The molecule has 0 unspecified atom stereocenters. The van der Waals surface area contributed by atoms with Crippen molar-refractivity contribution in [2.75, 3.05) is 9.80 Å². The molecule has 0 aromatic heterocycles. The van der Waals surface area contributed by atoms with Crippen LogP contribution in [-0.4, -0.2) is 0 Å². The third-order valence-corrected chi connectivity index (χ3v) is 15.2. The molecule has 0 aliphatic heterocycles. The zero-order chi connectivity index (χ0) is 46.4. The molecule has 0 N–H and O–H groups in total. The van der Waals surface area contributed by atoms with Crippen LogP contribution in [0.5, 0.6) is 0 Å². The van der Waals surface area contributed by atoms with E-state index in [9.17, 15) is 0 Å². The van der Waals surface area contributed by atoms with Crippen molar-refractivity contribution in [2.24, 2.45) is 0 Å². The quantitative estimate of drug-likeness (QED) is 0.150. The lowest BCUT2D eigenvalue weighted by Gasteiger charge is -2.33. The fourth-order valence-corrected chi connectivity index (χ4v) is 11.9. The number of benzene rings is 11. The molecular weight excluding hydrogens is 833 g/mol. The third-order valence-electron chi connectivity index (χ3n) is 15.2. The van der Waals surface area contributed by atoms with Crippen LogP contribution < -0.4 is 9.80 Å². The van der Waals surface area contributed by atoms with Gasteiger partial charge in [0.2, 0.25) is 0 Å². The molecular formula is C67H52N2. The predicted molar refractivity (Wildman–Crippen MR) is 293 cm³/mol. The summed E-state index contributed by atoms with van der Waals surface area (Å²) in [5.74, 6) is 0.922. The Hall–Kier alpha value is -8.20. The molecule has 11 aromatic rings. The van der Waals surface area contributed by atoms with E-state index in [4.69, 9.17) is 0 Å². The van der Waals surface area contributed by atoms with Crippen molar-refractivity contribution in [2.45, 2.75) is 44.9 Å². The first-order valence-corrected chi connectivity index (χ1v) is 24.6. The zero-order valence-electron chi connectivity index (χ0n) is 39.5. The van der Waals surface area contributed by atoms with E-state index in [0.29, 0.717) is 11.8 Å². The molecule has 0 fully saturated rings. The molecule has 11 aromatic carbocycles. The number of fused-ring (bicyclic) bond motifs is 16. The highest BCUT2D eigenvalue weighted by Crippen LogP contribution is 2.66. The summed E-state index contributed by atoms with van der Waals surface area (Å²) in [7, 11) is 0. The highest BCUT2D eigenvalue weighted by molar-refractivity contribution is 6.13. The maximum absolute atomic E-state index is 2.45. The van der Waals surface area contributed by atoms with Gasteiger partial charge in [-0.15, -0.1) is 0 Å². The van der Waals surface area contributed by atoms with E-state index in [1.165, 1.54) is 88.0 Å². The van der Waals surface area contributed by atoms with Gasteiger partial charge < -0.3 is 9.80 Å². The van der Waals surface area contributed by atoms with Crippen LogP contribution in [0.2, 0.25) is 0 Å². The molecule has 0 saturated carbocycles. The van der Waals surface area contributed by atoms with Crippen molar-refractivity contribution in [3.63, 3.8) is 0 Å². The molecule has 2 aliphatic rings. The highest BCUT2D eigenvalue weighted by atomic mass is 15.1. The highest BCUT2D eigenvalue weighted by Gasteiger charge is 2.53. The monoisotopic (exact) mass is 884 g/mol. The van der Waals surface area contributed by atoms with E-state index in [1.807, 2.05) is 0 Å². The summed E-state index contributed by atoms with van der Waals surface area (Å²) in [5.41, 5.74) is 19.6. The fourth-order valence-electron chi connectivity index (χ4n) is 11.9. The van der Waals surface area contributed by atoms with Gasteiger partial charge in [-0.3, -0.25) is 0 Å². The Kier molecular flexibility index (Phi) is 9.49. The normalized spacial score (nSPS) is 13.0. The molecule has 330 valence electrons. The van der Waals surface area contributed by atoms with Crippen LogP contribution in [0, 0.1) is 0 Å². The van der Waals surface area contributed by atoms with E-state index in [1.54, 1.807) is 0 Å². The maximum atomic E-state index is 2.45. The Bertz CT molecular complexity index is 3590. The molecule has 0 heterocycles. The van der Waals surface area contributed by atoms with Gasteiger partial charge in [-0.05, 0) is 173 Å². The summed E-state index contributed by atoms with van der Waals surface area (Å²) in [6, 6.07) is 86.7. The molecule has 2 nitrogen and oxygen atoms in total. The van der Waals surface area contributed by atoms with Crippen LogP contribution in [0.25, 0.3) is 54.6 Å². The number of anilines is 6. The van der Waals surface area contributed by atoms with Crippen LogP contribution in [0.4, 0.5) is 34.1 Å². The van der Waals surface area contributed by atoms with Crippen LogP contribution >= 0.6 is 0 Å². The Morgan fingerprint density at radius 1 is 0.304 bits per heavy atom. The van der Waals surface area contributed by atoms with Crippen molar-refractivity contribution < 1.29 is 0 Å². The second-order valence-electron chi connectivity index (χ2n) is 19.6. The smallest absolute Gasteiger partial charge is 0.0737 e. The van der Waals surface area contributed by atoms with Gasteiger partial charge >= 0.3 is 0 Å². The number of hydrogen-bond acceptors (Lipinski definition) is 2. The average Bonchev–Trinajstić information content (AvgIpc) is 3.87. The van der Waals surface area contributed by atoms with Crippen LogP contribution in [0.3, 0.4) is 0 Å². The minimum absolute atomic E-state index is 0.461. The van der Waals surface area contributed by atoms with E-state index in [2.05, 4.69) is 268 Å². The molecule has 1 spiro atoms. The van der Waals surface area contributed by atoms with E-state index in [-0.39, 0.29) is 0 Å². The van der Waals surface area contributed by atoms with Crippen molar-refractivity contribution in [1.82, 2.24) is 0 Å². The average molecular weight is 885 g/mol. The number of hydrogen-bond donors (Lipinski definition) is 0. The maximum Gasteiger partial charge on any atom is 0.0737 e. The first kappa shape index (κ1) is 41.0. The van der Waals surface area contributed by atoms with Crippen molar-refractivity contribution in [1.29, 1.82) is 0 Å². The van der Waals surface area contributed by atoms with Crippen molar-refractivity contribution in [3.05, 3.63) is 264 Å². The molecule has 0 bridgehead atoms. The van der Waals surface area contributed by atoms with Gasteiger partial charge in [0.15, 0.2) is 0 Å². The van der Waals surface area contributed by atoms with Gasteiger partial charge in [-0.2, -0.15) is 0 Å². The Morgan fingerprint density at radius 3 is 1.26 bits per heavy atom. The summed E-state index contributed by atoms with van der Waals surface area (Å²) < 4.78 is 0. The number of para-hydroxylation sites is 2.